The van der Waals surface area contributed by atoms with Crippen molar-refractivity contribution in [2.75, 3.05) is 11.9 Å². The Morgan fingerprint density at radius 1 is 1.06 bits per heavy atom. The van der Waals surface area contributed by atoms with Crippen LogP contribution in [0.4, 0.5) is 23.1 Å². The smallest absolute Gasteiger partial charge is 0.419 e. The monoisotopic (exact) mass is 491 g/mol. The van der Waals surface area contributed by atoms with E-state index in [1.807, 2.05) is 48.5 Å². The summed E-state index contributed by atoms with van der Waals surface area (Å²) in [5.74, 6) is -3.71. The van der Waals surface area contributed by atoms with E-state index in [0.29, 0.717) is 11.3 Å². The first-order valence-electron chi connectivity index (χ1n) is 9.83. The fourth-order valence-electron chi connectivity index (χ4n) is 3.64. The molecule has 1 atom stereocenters. The average Bonchev–Trinajstić information content (AvgIpc) is 3.37. The van der Waals surface area contributed by atoms with Crippen LogP contribution in [0, 0.1) is 0 Å². The van der Waals surface area contributed by atoms with Gasteiger partial charge in [-0.05, 0) is 22.3 Å². The number of rotatable bonds is 6. The van der Waals surface area contributed by atoms with Crippen molar-refractivity contribution in [3.8, 4) is 11.1 Å². The molecule has 3 aromatic rings. The summed E-state index contributed by atoms with van der Waals surface area (Å²) in [5, 5.41) is 12.3. The molecule has 0 spiro atoms. The minimum atomic E-state index is -5.17. The van der Waals surface area contributed by atoms with E-state index in [-0.39, 0.29) is 22.5 Å². The molecular formula is C22H16F3N3O5S. The minimum Gasteiger partial charge on any atom is -0.479 e. The molecule has 0 saturated carbocycles. The quantitative estimate of drug-likeness (QED) is 0.475. The summed E-state index contributed by atoms with van der Waals surface area (Å²) >= 11 is 0.574. The lowest BCUT2D eigenvalue weighted by molar-refractivity contribution is -0.178. The normalized spacial score (nSPS) is 13.5. The number of amides is 2. The number of thiazole rings is 1. The largest absolute Gasteiger partial charge is 0.479 e. The Morgan fingerprint density at radius 2 is 1.65 bits per heavy atom. The molecule has 1 aromatic heterocycles. The zero-order valence-corrected chi connectivity index (χ0v) is 17.9. The van der Waals surface area contributed by atoms with Gasteiger partial charge in [0.05, 0.1) is 6.20 Å². The number of fused-ring (bicyclic) bond motifs is 3. The third-order valence-corrected chi connectivity index (χ3v) is 6.04. The summed E-state index contributed by atoms with van der Waals surface area (Å²) in [6.07, 6.45) is -5.11. The number of aromatic nitrogens is 1. The van der Waals surface area contributed by atoms with Crippen LogP contribution < -0.4 is 10.6 Å². The lowest BCUT2D eigenvalue weighted by Gasteiger charge is -2.16. The zero-order chi connectivity index (χ0) is 24.5. The van der Waals surface area contributed by atoms with Crippen molar-refractivity contribution in [1.29, 1.82) is 0 Å². The van der Waals surface area contributed by atoms with Gasteiger partial charge in [0.1, 0.15) is 11.5 Å². The zero-order valence-electron chi connectivity index (χ0n) is 17.1. The third kappa shape index (κ3) is 4.71. The van der Waals surface area contributed by atoms with Crippen LogP contribution in [-0.4, -0.2) is 46.9 Å². The van der Waals surface area contributed by atoms with Crippen molar-refractivity contribution in [2.45, 2.75) is 18.1 Å². The summed E-state index contributed by atoms with van der Waals surface area (Å²) in [5.41, 5.74) is 4.15. The molecule has 176 valence electrons. The molecule has 12 heteroatoms. The summed E-state index contributed by atoms with van der Waals surface area (Å²) in [7, 11) is 0. The molecule has 2 amide bonds. The molecule has 0 aliphatic heterocycles. The Bertz CT molecular complexity index is 1210. The summed E-state index contributed by atoms with van der Waals surface area (Å²) in [6.45, 7) is 0.0322. The van der Waals surface area contributed by atoms with E-state index < -0.39 is 30.2 Å². The fraction of sp³-hybridized carbons (Fsp3) is 0.182. The van der Waals surface area contributed by atoms with E-state index in [4.69, 9.17) is 9.84 Å². The fourth-order valence-corrected chi connectivity index (χ4v) is 4.35. The molecule has 0 bridgehead atoms. The molecule has 1 unspecified atom stereocenters. The third-order valence-electron chi connectivity index (χ3n) is 5.13. The number of carbonyl (C=O) groups excluding carboxylic acids is 2. The van der Waals surface area contributed by atoms with Gasteiger partial charge in [0, 0.05) is 5.92 Å². The molecule has 2 aromatic carbocycles. The maximum atomic E-state index is 12.7. The molecule has 3 N–H and O–H groups in total. The number of alkyl halides is 3. The van der Waals surface area contributed by atoms with E-state index in [1.165, 1.54) is 5.32 Å². The van der Waals surface area contributed by atoms with Gasteiger partial charge in [0.25, 0.3) is 5.91 Å². The van der Waals surface area contributed by atoms with E-state index in [2.05, 4.69) is 10.3 Å². The van der Waals surface area contributed by atoms with Crippen molar-refractivity contribution < 1.29 is 37.4 Å². The van der Waals surface area contributed by atoms with Crippen molar-refractivity contribution >= 4 is 34.4 Å². The first-order valence-corrected chi connectivity index (χ1v) is 10.6. The molecule has 1 aliphatic carbocycles. The van der Waals surface area contributed by atoms with Crippen LogP contribution in [0.1, 0.15) is 26.7 Å². The van der Waals surface area contributed by atoms with Gasteiger partial charge >= 0.3 is 18.2 Å². The highest BCUT2D eigenvalue weighted by molar-refractivity contribution is 7.17. The second-order valence-electron chi connectivity index (χ2n) is 7.27. The Balaban J connectivity index is 1.38. The van der Waals surface area contributed by atoms with Gasteiger partial charge in [-0.2, -0.15) is 13.2 Å². The van der Waals surface area contributed by atoms with Gasteiger partial charge in [-0.25, -0.2) is 14.6 Å². The van der Waals surface area contributed by atoms with Crippen molar-refractivity contribution in [3.63, 3.8) is 0 Å². The predicted octanol–water partition coefficient (Wildman–Crippen LogP) is 4.25. The van der Waals surface area contributed by atoms with Gasteiger partial charge in [-0.15, -0.1) is 0 Å². The van der Waals surface area contributed by atoms with Crippen LogP contribution in [-0.2, 0) is 9.53 Å². The topological polar surface area (TPSA) is 118 Å². The van der Waals surface area contributed by atoms with Crippen LogP contribution in [0.5, 0.6) is 0 Å². The maximum Gasteiger partial charge on any atom is 0.419 e. The van der Waals surface area contributed by atoms with Crippen LogP contribution in [0.3, 0.4) is 0 Å². The molecule has 0 fully saturated rings. The van der Waals surface area contributed by atoms with E-state index in [1.54, 1.807) is 0 Å². The summed E-state index contributed by atoms with van der Waals surface area (Å²) in [6, 6.07) is 12.5. The summed E-state index contributed by atoms with van der Waals surface area (Å²) in [4.78, 5) is 38.5. The SMILES string of the molecule is O=C(Nc1ncc(C(=O)NC(C(=O)O)C(F)(F)F)s1)OCC1c2ccccc2-c2ccccc21. The lowest BCUT2D eigenvalue weighted by Crippen LogP contribution is -2.50. The van der Waals surface area contributed by atoms with E-state index >= 15 is 0 Å². The molecule has 1 aliphatic rings. The van der Waals surface area contributed by atoms with Crippen LogP contribution in [0.15, 0.2) is 54.7 Å². The number of benzene rings is 2. The van der Waals surface area contributed by atoms with Crippen LogP contribution >= 0.6 is 11.3 Å². The second kappa shape index (κ2) is 9.14. The average molecular weight is 491 g/mol. The number of nitrogens with one attached hydrogen (secondary N) is 2. The minimum absolute atomic E-state index is 0.0322. The molecule has 8 nitrogen and oxygen atoms in total. The Morgan fingerprint density at radius 3 is 2.21 bits per heavy atom. The van der Waals surface area contributed by atoms with Crippen LogP contribution in [0.25, 0.3) is 11.1 Å². The van der Waals surface area contributed by atoms with E-state index in [9.17, 15) is 27.6 Å². The number of aliphatic carboxylic acids is 1. The number of hydrogen-bond acceptors (Lipinski definition) is 6. The number of halogens is 3. The van der Waals surface area contributed by atoms with Crippen molar-refractivity contribution in [3.05, 3.63) is 70.7 Å². The number of nitrogens with zero attached hydrogens (tertiary/aromatic N) is 1. The van der Waals surface area contributed by atoms with Gasteiger partial charge < -0.3 is 15.2 Å². The number of ether oxygens (including phenoxy) is 1. The Labute approximate surface area is 194 Å². The van der Waals surface area contributed by atoms with Crippen molar-refractivity contribution in [2.24, 2.45) is 0 Å². The van der Waals surface area contributed by atoms with Gasteiger partial charge in [-0.1, -0.05) is 59.9 Å². The standard InChI is InChI=1S/C22H16F3N3O5S/c23-22(24,25)17(19(30)31)27-18(29)16-9-26-20(34-16)28-21(32)33-10-15-13-7-3-1-5-11(13)12-6-2-4-8-14(12)15/h1-9,15,17H,10H2,(H,27,29)(H,30,31)(H,26,28,32). The second-order valence-corrected chi connectivity index (χ2v) is 8.30. The molecule has 34 heavy (non-hydrogen) atoms. The number of anilines is 1. The number of carboxylic acid groups (broad SMARTS) is 1. The van der Waals surface area contributed by atoms with E-state index in [0.717, 1.165) is 28.5 Å². The molecule has 1 heterocycles. The molecule has 0 radical (unpaired) electrons. The predicted molar refractivity (Wildman–Crippen MR) is 116 cm³/mol. The molecule has 4 rings (SSSR count). The van der Waals surface area contributed by atoms with Gasteiger partial charge in [0.2, 0.25) is 6.04 Å². The molecular weight excluding hydrogens is 475 g/mol. The highest BCUT2D eigenvalue weighted by Crippen LogP contribution is 2.44. The first kappa shape index (κ1) is 23.2. The van der Waals surface area contributed by atoms with Crippen molar-refractivity contribution in [1.82, 2.24) is 10.3 Å². The highest BCUT2D eigenvalue weighted by atomic mass is 32.1. The number of carboxylic acids is 1. The lowest BCUT2D eigenvalue weighted by atomic mass is 9.98. The first-order chi connectivity index (χ1) is 16.1. The Hall–Kier alpha value is -3.93. The van der Waals surface area contributed by atoms with Crippen LogP contribution in [0.2, 0.25) is 0 Å². The number of hydrogen-bond donors (Lipinski definition) is 3. The highest BCUT2D eigenvalue weighted by Gasteiger charge is 2.46. The van der Waals surface area contributed by atoms with Gasteiger partial charge in [-0.3, -0.25) is 10.1 Å². The Kier molecular flexibility index (Phi) is 6.24. The molecule has 0 saturated heterocycles. The van der Waals surface area contributed by atoms with Gasteiger partial charge in [0.15, 0.2) is 5.13 Å². The summed E-state index contributed by atoms with van der Waals surface area (Å²) < 4.78 is 43.6. The maximum absolute atomic E-state index is 12.7. The number of carbonyl (C=O) groups is 3.